The van der Waals surface area contributed by atoms with Gasteiger partial charge in [0.1, 0.15) is 0 Å². The van der Waals surface area contributed by atoms with Gasteiger partial charge in [0.25, 0.3) is 0 Å². The second-order valence-electron chi connectivity index (χ2n) is 2.88. The molecule has 1 aliphatic carbocycles. The molecule has 0 bridgehead atoms. The number of allylic oxidation sites excluding steroid dienone is 4. The molecule has 0 heterocycles. The zero-order valence-corrected chi connectivity index (χ0v) is 10.4. The van der Waals surface area contributed by atoms with Gasteiger partial charge in [0.05, 0.1) is 0 Å². The van der Waals surface area contributed by atoms with Crippen LogP contribution in [-0.4, -0.2) is 0 Å². The van der Waals surface area contributed by atoms with Gasteiger partial charge in [-0.25, -0.2) is 0 Å². The third-order valence-corrected chi connectivity index (χ3v) is 1.60. The molecule has 0 aliphatic heterocycles. The summed E-state index contributed by atoms with van der Waals surface area (Å²) in [6.07, 6.45) is 6.60. The summed E-state index contributed by atoms with van der Waals surface area (Å²) in [4.78, 5) is 0. The Morgan fingerprint density at radius 2 is 1.80 bits per heavy atom. The summed E-state index contributed by atoms with van der Waals surface area (Å²) < 4.78 is 0. The fraction of sp³-hybridized carbons (Fsp3) is 0.444. The molecular formula is C9H13Hf. The first-order valence-corrected chi connectivity index (χ1v) is 3.43. The third kappa shape index (κ3) is 2.53. The molecule has 0 unspecified atom stereocenters. The fourth-order valence-electron chi connectivity index (χ4n) is 0.946. The van der Waals surface area contributed by atoms with Crippen LogP contribution in [0.1, 0.15) is 20.8 Å². The van der Waals surface area contributed by atoms with E-state index in [0.29, 0.717) is 5.92 Å². The van der Waals surface area contributed by atoms with Crippen molar-refractivity contribution < 1.29 is 25.8 Å². The molecule has 0 amide bonds. The van der Waals surface area contributed by atoms with E-state index < -0.39 is 0 Å². The van der Waals surface area contributed by atoms with Crippen molar-refractivity contribution in [2.45, 2.75) is 20.8 Å². The Bertz CT molecular complexity index is 154. The Kier molecular flexibility index (Phi) is 4.42. The Morgan fingerprint density at radius 1 is 1.20 bits per heavy atom. The van der Waals surface area contributed by atoms with Gasteiger partial charge in [0, 0.05) is 31.8 Å². The van der Waals surface area contributed by atoms with Gasteiger partial charge in [-0.1, -0.05) is 39.0 Å². The fourth-order valence-corrected chi connectivity index (χ4v) is 0.946. The monoisotopic (exact) mass is 301 g/mol. The maximum atomic E-state index is 2.24. The molecule has 0 aromatic heterocycles. The van der Waals surface area contributed by atoms with Crippen LogP contribution >= 0.6 is 0 Å². The quantitative estimate of drug-likeness (QED) is 0.653. The van der Waals surface area contributed by atoms with Gasteiger partial charge < -0.3 is 0 Å². The van der Waals surface area contributed by atoms with Crippen molar-refractivity contribution >= 4 is 0 Å². The SMILES string of the molecule is C[C]1C=CC(C(C)C)=C1.[Hf]. The summed E-state index contributed by atoms with van der Waals surface area (Å²) in [5.74, 6) is 2.05. The molecule has 1 rings (SSSR count). The van der Waals surface area contributed by atoms with Crippen molar-refractivity contribution in [1.29, 1.82) is 0 Å². The molecule has 0 N–H and O–H groups in total. The van der Waals surface area contributed by atoms with Crippen LogP contribution < -0.4 is 0 Å². The van der Waals surface area contributed by atoms with E-state index in [2.05, 4.69) is 39.0 Å². The first-order chi connectivity index (χ1) is 4.20. The Morgan fingerprint density at radius 3 is 2.00 bits per heavy atom. The molecule has 1 heteroatoms. The maximum Gasteiger partial charge on any atom is 0.0165 e. The van der Waals surface area contributed by atoms with Gasteiger partial charge in [0.2, 0.25) is 0 Å². The molecule has 0 fully saturated rings. The minimum absolute atomic E-state index is 0. The van der Waals surface area contributed by atoms with Crippen molar-refractivity contribution in [3.63, 3.8) is 0 Å². The van der Waals surface area contributed by atoms with E-state index in [1.54, 1.807) is 0 Å². The summed E-state index contributed by atoms with van der Waals surface area (Å²) in [6.45, 7) is 6.56. The van der Waals surface area contributed by atoms with E-state index in [0.717, 1.165) is 0 Å². The van der Waals surface area contributed by atoms with Gasteiger partial charge in [-0.05, 0) is 11.5 Å². The minimum Gasteiger partial charge on any atom is -0.0734 e. The maximum absolute atomic E-state index is 2.24. The minimum atomic E-state index is 0. The second kappa shape index (κ2) is 4.27. The topological polar surface area (TPSA) is 0 Å². The van der Waals surface area contributed by atoms with Crippen LogP contribution in [0.3, 0.4) is 0 Å². The van der Waals surface area contributed by atoms with E-state index in [1.807, 2.05) is 0 Å². The smallest absolute Gasteiger partial charge is 0.0165 e. The van der Waals surface area contributed by atoms with E-state index >= 15 is 0 Å². The van der Waals surface area contributed by atoms with Gasteiger partial charge in [-0.2, -0.15) is 0 Å². The summed E-state index contributed by atoms with van der Waals surface area (Å²) in [7, 11) is 0. The predicted molar refractivity (Wildman–Crippen MR) is 41.0 cm³/mol. The first-order valence-electron chi connectivity index (χ1n) is 3.43. The predicted octanol–water partition coefficient (Wildman–Crippen LogP) is 2.73. The molecular weight excluding hydrogens is 287 g/mol. The van der Waals surface area contributed by atoms with Gasteiger partial charge in [0.15, 0.2) is 0 Å². The van der Waals surface area contributed by atoms with Gasteiger partial charge in [-0.15, -0.1) is 0 Å². The molecule has 0 saturated carbocycles. The van der Waals surface area contributed by atoms with Crippen molar-refractivity contribution in [2.75, 3.05) is 0 Å². The van der Waals surface area contributed by atoms with E-state index in [4.69, 9.17) is 0 Å². The molecule has 1 radical (unpaired) electrons. The van der Waals surface area contributed by atoms with Crippen molar-refractivity contribution in [3.8, 4) is 0 Å². The standard InChI is InChI=1S/C9H13.Hf/c1-7(2)9-5-4-8(3)6-9;/h4-7H,1-3H3;. The van der Waals surface area contributed by atoms with Crippen LogP contribution in [0.15, 0.2) is 23.8 Å². The van der Waals surface area contributed by atoms with Gasteiger partial charge in [-0.3, -0.25) is 0 Å². The van der Waals surface area contributed by atoms with Crippen LogP contribution in [0.4, 0.5) is 0 Å². The normalized spacial score (nSPS) is 17.4. The Balaban J connectivity index is 0.000000810. The molecule has 0 nitrogen and oxygen atoms in total. The zero-order valence-electron chi connectivity index (χ0n) is 6.81. The molecule has 53 valence electrons. The molecule has 0 saturated heterocycles. The second-order valence-corrected chi connectivity index (χ2v) is 2.88. The number of rotatable bonds is 1. The summed E-state index contributed by atoms with van der Waals surface area (Å²) in [5, 5.41) is 0. The average Bonchev–Trinajstić information content (AvgIpc) is 2.14. The van der Waals surface area contributed by atoms with Crippen LogP contribution in [0.5, 0.6) is 0 Å². The van der Waals surface area contributed by atoms with E-state index in [1.165, 1.54) is 11.5 Å². The largest absolute Gasteiger partial charge is 0.0734 e. The Labute approximate surface area is 82.2 Å². The number of hydrogen-bond acceptors (Lipinski definition) is 0. The van der Waals surface area contributed by atoms with Gasteiger partial charge >= 0.3 is 0 Å². The van der Waals surface area contributed by atoms with Crippen LogP contribution in [0, 0.1) is 11.8 Å². The average molecular weight is 300 g/mol. The molecule has 0 aromatic rings. The molecule has 0 aromatic carbocycles. The van der Waals surface area contributed by atoms with Crippen LogP contribution in [0.25, 0.3) is 0 Å². The summed E-state index contributed by atoms with van der Waals surface area (Å²) >= 11 is 0. The third-order valence-electron chi connectivity index (χ3n) is 1.60. The number of hydrogen-bond donors (Lipinski definition) is 0. The zero-order chi connectivity index (χ0) is 6.85. The summed E-state index contributed by atoms with van der Waals surface area (Å²) in [6, 6.07) is 0. The van der Waals surface area contributed by atoms with E-state index in [-0.39, 0.29) is 25.8 Å². The van der Waals surface area contributed by atoms with Crippen molar-refractivity contribution in [3.05, 3.63) is 29.7 Å². The molecule has 0 atom stereocenters. The molecule has 1 aliphatic rings. The molecule has 0 spiro atoms. The summed E-state index contributed by atoms with van der Waals surface area (Å²) in [5.41, 5.74) is 1.45. The van der Waals surface area contributed by atoms with Crippen molar-refractivity contribution in [1.82, 2.24) is 0 Å². The Hall–Kier alpha value is 0.350. The van der Waals surface area contributed by atoms with Crippen LogP contribution in [-0.2, 0) is 25.8 Å². The van der Waals surface area contributed by atoms with Crippen LogP contribution in [0.2, 0.25) is 0 Å². The van der Waals surface area contributed by atoms with Crippen molar-refractivity contribution in [2.24, 2.45) is 5.92 Å². The molecule has 10 heavy (non-hydrogen) atoms. The first kappa shape index (κ1) is 10.4. The van der Waals surface area contributed by atoms with E-state index in [9.17, 15) is 0 Å².